The van der Waals surface area contributed by atoms with Crippen molar-refractivity contribution in [3.8, 4) is 5.75 Å². The van der Waals surface area contributed by atoms with E-state index in [0.717, 1.165) is 0 Å². The number of rotatable bonds is 8. The topological polar surface area (TPSA) is 75.6 Å². The first-order valence-electron chi connectivity index (χ1n) is 7.46. The van der Waals surface area contributed by atoms with Crippen molar-refractivity contribution in [1.82, 2.24) is 4.72 Å². The molecule has 1 aromatic carbocycles. The van der Waals surface area contributed by atoms with Crippen molar-refractivity contribution in [3.05, 3.63) is 30.1 Å². The molecule has 1 aromatic rings. The van der Waals surface area contributed by atoms with E-state index < -0.39 is 10.0 Å². The molecule has 1 saturated carbocycles. The van der Waals surface area contributed by atoms with E-state index in [1.54, 1.807) is 0 Å². The van der Waals surface area contributed by atoms with E-state index in [0.29, 0.717) is 25.0 Å². The molecule has 0 saturated heterocycles. The lowest BCUT2D eigenvalue weighted by Gasteiger charge is -2.37. The zero-order chi connectivity index (χ0) is 16.2. The summed E-state index contributed by atoms with van der Waals surface area (Å²) in [6.07, 6.45) is 1.68. The van der Waals surface area contributed by atoms with E-state index in [-0.39, 0.29) is 36.2 Å². The maximum absolute atomic E-state index is 12.7. The quantitative estimate of drug-likeness (QED) is 0.760. The minimum absolute atomic E-state index is 0.00465. The van der Waals surface area contributed by atoms with Gasteiger partial charge >= 0.3 is 0 Å². The van der Waals surface area contributed by atoms with Gasteiger partial charge in [0, 0.05) is 6.04 Å². The fourth-order valence-electron chi connectivity index (χ4n) is 2.56. The summed E-state index contributed by atoms with van der Waals surface area (Å²) in [4.78, 5) is 0. The summed E-state index contributed by atoms with van der Waals surface area (Å²) < 4.78 is 44.8. The van der Waals surface area contributed by atoms with Crippen LogP contribution >= 0.6 is 0 Å². The van der Waals surface area contributed by atoms with Crippen LogP contribution in [-0.2, 0) is 10.0 Å². The molecule has 2 N–H and O–H groups in total. The number of benzene rings is 1. The fourth-order valence-corrected chi connectivity index (χ4v) is 3.80. The van der Waals surface area contributed by atoms with Gasteiger partial charge in [-0.3, -0.25) is 0 Å². The van der Waals surface area contributed by atoms with Crippen LogP contribution in [-0.4, -0.2) is 38.0 Å². The average molecular weight is 331 g/mol. The number of nitrogens with one attached hydrogen (secondary N) is 1. The summed E-state index contributed by atoms with van der Waals surface area (Å²) in [5.74, 6) is 0.115. The molecule has 2 rings (SSSR count). The van der Waals surface area contributed by atoms with Crippen molar-refractivity contribution < 1.29 is 22.7 Å². The molecule has 0 radical (unpaired) electrons. The summed E-state index contributed by atoms with van der Waals surface area (Å²) in [6, 6.07) is 5.30. The minimum Gasteiger partial charge on any atom is -0.492 e. The Morgan fingerprint density at radius 3 is 2.55 bits per heavy atom. The summed E-state index contributed by atoms with van der Waals surface area (Å²) >= 11 is 0. The van der Waals surface area contributed by atoms with Gasteiger partial charge < -0.3 is 9.84 Å². The summed E-state index contributed by atoms with van der Waals surface area (Å²) in [7, 11) is -3.44. The molecule has 0 aliphatic heterocycles. The second kappa shape index (κ2) is 7.39. The molecule has 22 heavy (non-hydrogen) atoms. The van der Waals surface area contributed by atoms with E-state index in [1.165, 1.54) is 24.3 Å². The molecular formula is C15H22FNO4S. The van der Waals surface area contributed by atoms with E-state index in [2.05, 4.69) is 4.72 Å². The number of aliphatic hydroxyl groups excluding tert-OH is 1. The fraction of sp³-hybridized carbons (Fsp3) is 0.600. The van der Waals surface area contributed by atoms with Crippen LogP contribution in [0.2, 0.25) is 0 Å². The van der Waals surface area contributed by atoms with Crippen molar-refractivity contribution in [1.29, 1.82) is 0 Å². The first-order valence-corrected chi connectivity index (χ1v) is 9.11. The van der Waals surface area contributed by atoms with Crippen LogP contribution in [0.1, 0.15) is 26.2 Å². The lowest BCUT2D eigenvalue weighted by Crippen LogP contribution is -2.47. The van der Waals surface area contributed by atoms with Crippen LogP contribution in [0.4, 0.5) is 4.39 Å². The highest BCUT2D eigenvalue weighted by molar-refractivity contribution is 7.89. The first kappa shape index (κ1) is 17.2. The second-order valence-electron chi connectivity index (χ2n) is 5.64. The third-order valence-corrected chi connectivity index (χ3v) is 5.29. The Hall–Kier alpha value is -1.18. The molecule has 0 bridgehead atoms. The summed E-state index contributed by atoms with van der Waals surface area (Å²) in [5.41, 5.74) is 0. The number of sulfonamides is 1. The van der Waals surface area contributed by atoms with Gasteiger partial charge in [-0.05, 0) is 49.4 Å². The van der Waals surface area contributed by atoms with Crippen LogP contribution in [0.15, 0.2) is 24.3 Å². The lowest BCUT2D eigenvalue weighted by molar-refractivity contribution is 0.0277. The Kier molecular flexibility index (Phi) is 5.77. The Balaban J connectivity index is 1.79. The minimum atomic E-state index is -3.44. The highest BCUT2D eigenvalue weighted by atomic mass is 32.2. The maximum atomic E-state index is 12.7. The molecule has 1 atom stereocenters. The summed E-state index contributed by atoms with van der Waals surface area (Å²) in [5, 5.41) is 9.32. The third kappa shape index (κ3) is 4.93. The van der Waals surface area contributed by atoms with Crippen LogP contribution in [0.3, 0.4) is 0 Å². The van der Waals surface area contributed by atoms with Crippen molar-refractivity contribution in [2.75, 3.05) is 12.4 Å². The predicted molar refractivity (Wildman–Crippen MR) is 81.6 cm³/mol. The van der Waals surface area contributed by atoms with Crippen molar-refractivity contribution >= 4 is 10.0 Å². The smallest absolute Gasteiger partial charge is 0.215 e. The average Bonchev–Trinajstić information content (AvgIpc) is 2.44. The number of aliphatic hydroxyl groups is 1. The normalized spacial score (nSPS) is 22.9. The Morgan fingerprint density at radius 1 is 1.36 bits per heavy atom. The summed E-state index contributed by atoms with van der Waals surface area (Å²) in [6.45, 7) is 1.93. The number of hydrogen-bond acceptors (Lipinski definition) is 4. The Labute approximate surface area is 130 Å². The van der Waals surface area contributed by atoms with E-state index in [4.69, 9.17) is 4.74 Å². The SMILES string of the molecule is CCC(NS(=O)(=O)CCOc1ccc(F)cc1)C1CC(O)C1. The largest absolute Gasteiger partial charge is 0.492 e. The highest BCUT2D eigenvalue weighted by Crippen LogP contribution is 2.31. The van der Waals surface area contributed by atoms with Crippen LogP contribution in [0.25, 0.3) is 0 Å². The molecule has 7 heteroatoms. The molecule has 0 amide bonds. The van der Waals surface area contributed by atoms with Gasteiger partial charge in [0.05, 0.1) is 11.9 Å². The standard InChI is InChI=1S/C15H22FNO4S/c1-2-15(11-9-13(18)10-11)17-22(19,20)8-7-21-14-5-3-12(16)4-6-14/h3-6,11,13,15,17-18H,2,7-10H2,1H3. The van der Waals surface area contributed by atoms with Gasteiger partial charge in [0.15, 0.2) is 0 Å². The van der Waals surface area contributed by atoms with Gasteiger partial charge in [-0.15, -0.1) is 0 Å². The zero-order valence-electron chi connectivity index (χ0n) is 12.5. The molecule has 1 aliphatic rings. The van der Waals surface area contributed by atoms with Crippen molar-refractivity contribution in [2.45, 2.75) is 38.3 Å². The van der Waals surface area contributed by atoms with E-state index >= 15 is 0 Å². The van der Waals surface area contributed by atoms with Gasteiger partial charge in [-0.1, -0.05) is 6.92 Å². The maximum Gasteiger partial charge on any atom is 0.215 e. The van der Waals surface area contributed by atoms with Gasteiger partial charge in [0.2, 0.25) is 10.0 Å². The molecule has 5 nitrogen and oxygen atoms in total. The zero-order valence-corrected chi connectivity index (χ0v) is 13.4. The van der Waals surface area contributed by atoms with Crippen molar-refractivity contribution in [3.63, 3.8) is 0 Å². The molecule has 0 aromatic heterocycles. The third-order valence-electron chi connectivity index (χ3n) is 3.92. The monoisotopic (exact) mass is 331 g/mol. The van der Waals surface area contributed by atoms with Gasteiger partial charge in [0.1, 0.15) is 18.2 Å². The van der Waals surface area contributed by atoms with Gasteiger partial charge in [-0.25, -0.2) is 17.5 Å². The molecule has 0 heterocycles. The lowest BCUT2D eigenvalue weighted by atomic mass is 9.77. The predicted octanol–water partition coefficient (Wildman–Crippen LogP) is 1.67. The number of hydrogen-bond donors (Lipinski definition) is 2. The van der Waals surface area contributed by atoms with Gasteiger partial charge in [0.25, 0.3) is 0 Å². The van der Waals surface area contributed by atoms with Crippen LogP contribution < -0.4 is 9.46 Å². The van der Waals surface area contributed by atoms with E-state index in [9.17, 15) is 17.9 Å². The van der Waals surface area contributed by atoms with Gasteiger partial charge in [-0.2, -0.15) is 0 Å². The van der Waals surface area contributed by atoms with Crippen LogP contribution in [0.5, 0.6) is 5.75 Å². The Morgan fingerprint density at radius 2 is 2.00 bits per heavy atom. The second-order valence-corrected chi connectivity index (χ2v) is 7.51. The van der Waals surface area contributed by atoms with E-state index in [1.807, 2.05) is 6.92 Å². The molecule has 1 fully saturated rings. The molecule has 1 aliphatic carbocycles. The Bertz CT molecular complexity index is 570. The number of ether oxygens (including phenoxy) is 1. The molecule has 124 valence electrons. The molecular weight excluding hydrogens is 309 g/mol. The van der Waals surface area contributed by atoms with Crippen molar-refractivity contribution in [2.24, 2.45) is 5.92 Å². The molecule has 0 spiro atoms. The molecule has 1 unspecified atom stereocenters. The first-order chi connectivity index (χ1) is 10.4. The highest BCUT2D eigenvalue weighted by Gasteiger charge is 2.34. The number of halogens is 1. The van der Waals surface area contributed by atoms with Crippen LogP contribution in [0, 0.1) is 11.7 Å².